The molecule has 1 nitrogen and oxygen atoms in total. The second kappa shape index (κ2) is 5.40. The summed E-state index contributed by atoms with van der Waals surface area (Å²) in [7, 11) is 0. The molecule has 1 aromatic heterocycles. The zero-order chi connectivity index (χ0) is 12.4. The highest BCUT2D eigenvalue weighted by Crippen LogP contribution is 2.30. The second-order valence-electron chi connectivity index (χ2n) is 3.84. The van der Waals surface area contributed by atoms with Crippen LogP contribution < -0.4 is 5.73 Å². The van der Waals surface area contributed by atoms with Gasteiger partial charge in [0.25, 0.3) is 0 Å². The maximum atomic E-state index is 6.22. The van der Waals surface area contributed by atoms with Crippen molar-refractivity contribution in [3.63, 3.8) is 0 Å². The third kappa shape index (κ3) is 3.02. The molecule has 0 fully saturated rings. The topological polar surface area (TPSA) is 26.0 Å². The first-order valence-electron chi connectivity index (χ1n) is 5.40. The van der Waals surface area contributed by atoms with Gasteiger partial charge in [0.2, 0.25) is 0 Å². The minimum atomic E-state index is -0.156. The first kappa shape index (κ1) is 12.9. The van der Waals surface area contributed by atoms with Gasteiger partial charge in [0.1, 0.15) is 0 Å². The summed E-state index contributed by atoms with van der Waals surface area (Å²) in [5.74, 6) is 0. The predicted molar refractivity (Wildman–Crippen MR) is 76.2 cm³/mol. The van der Waals surface area contributed by atoms with Crippen molar-refractivity contribution < 1.29 is 0 Å². The number of thiophene rings is 1. The number of halogens is 2. The molecule has 0 aliphatic heterocycles. The Bertz CT molecular complexity index is 502. The predicted octanol–water partition coefficient (Wildman–Crippen LogP) is 4.67. The molecule has 1 unspecified atom stereocenters. The smallest absolute Gasteiger partial charge is 0.0647 e. The van der Waals surface area contributed by atoms with Crippen LogP contribution in [0.1, 0.15) is 28.3 Å². The van der Waals surface area contributed by atoms with E-state index in [0.717, 1.165) is 16.9 Å². The van der Waals surface area contributed by atoms with Gasteiger partial charge in [-0.15, -0.1) is 11.3 Å². The van der Waals surface area contributed by atoms with Gasteiger partial charge in [-0.2, -0.15) is 0 Å². The van der Waals surface area contributed by atoms with Gasteiger partial charge >= 0.3 is 0 Å². The fraction of sp³-hybridized carbons (Fsp3) is 0.231. The Hall–Kier alpha value is -0.540. The minimum absolute atomic E-state index is 0.156. The molecule has 1 heterocycles. The highest BCUT2D eigenvalue weighted by atomic mass is 35.5. The van der Waals surface area contributed by atoms with Gasteiger partial charge in [0, 0.05) is 19.8 Å². The fourth-order valence-corrected chi connectivity index (χ4v) is 3.20. The molecule has 0 spiro atoms. The van der Waals surface area contributed by atoms with Gasteiger partial charge in [-0.3, -0.25) is 0 Å². The molecule has 1 atom stereocenters. The van der Waals surface area contributed by atoms with Gasteiger partial charge in [-0.25, -0.2) is 0 Å². The van der Waals surface area contributed by atoms with E-state index < -0.39 is 0 Å². The van der Waals surface area contributed by atoms with E-state index in [4.69, 9.17) is 28.9 Å². The number of hydrogen-bond donors (Lipinski definition) is 1. The lowest BCUT2D eigenvalue weighted by molar-refractivity contribution is 0.894. The average Bonchev–Trinajstić information content (AvgIpc) is 2.75. The third-order valence-electron chi connectivity index (χ3n) is 2.58. The Balaban J connectivity index is 2.32. The lowest BCUT2D eigenvalue weighted by Gasteiger charge is -2.11. The van der Waals surface area contributed by atoms with Crippen molar-refractivity contribution in [1.29, 1.82) is 0 Å². The van der Waals surface area contributed by atoms with Gasteiger partial charge in [-0.05, 0) is 42.3 Å². The number of hydrogen-bond acceptors (Lipinski definition) is 2. The summed E-state index contributed by atoms with van der Waals surface area (Å²) in [5.41, 5.74) is 7.17. The van der Waals surface area contributed by atoms with Gasteiger partial charge in [-0.1, -0.05) is 30.1 Å². The molecule has 0 aliphatic rings. The summed E-state index contributed by atoms with van der Waals surface area (Å²) in [6, 6.07) is 9.48. The molecule has 0 amide bonds. The Kier molecular flexibility index (Phi) is 4.10. The molecule has 2 rings (SSSR count). The van der Waals surface area contributed by atoms with Crippen LogP contribution in [0.25, 0.3) is 0 Å². The number of rotatable bonds is 3. The quantitative estimate of drug-likeness (QED) is 0.872. The number of nitrogens with two attached hydrogens (primary N) is 1. The van der Waals surface area contributed by atoms with Crippen LogP contribution in [-0.2, 0) is 6.42 Å². The highest BCUT2D eigenvalue weighted by Gasteiger charge is 2.12. The highest BCUT2D eigenvalue weighted by molar-refractivity contribution is 7.12. The van der Waals surface area contributed by atoms with Gasteiger partial charge < -0.3 is 5.73 Å². The van der Waals surface area contributed by atoms with Crippen LogP contribution in [0.3, 0.4) is 0 Å². The van der Waals surface area contributed by atoms with Crippen LogP contribution in [0.15, 0.2) is 30.3 Å². The van der Waals surface area contributed by atoms with E-state index in [1.165, 1.54) is 4.88 Å². The van der Waals surface area contributed by atoms with Crippen molar-refractivity contribution in [2.45, 2.75) is 19.4 Å². The van der Waals surface area contributed by atoms with Crippen molar-refractivity contribution in [1.82, 2.24) is 0 Å². The second-order valence-corrected chi connectivity index (χ2v) is 5.91. The van der Waals surface area contributed by atoms with E-state index in [2.05, 4.69) is 19.1 Å². The summed E-state index contributed by atoms with van der Waals surface area (Å²) >= 11 is 13.7. The third-order valence-corrected chi connectivity index (χ3v) is 4.33. The normalized spacial score (nSPS) is 12.7. The Morgan fingerprint density at radius 1 is 1.18 bits per heavy atom. The Morgan fingerprint density at radius 2 is 1.82 bits per heavy atom. The summed E-state index contributed by atoms with van der Waals surface area (Å²) in [5, 5.41) is 1.24. The van der Waals surface area contributed by atoms with E-state index >= 15 is 0 Å². The van der Waals surface area contributed by atoms with Crippen LogP contribution in [0.4, 0.5) is 0 Å². The van der Waals surface area contributed by atoms with Crippen molar-refractivity contribution >= 4 is 34.5 Å². The molecule has 0 aliphatic carbocycles. The van der Waals surface area contributed by atoms with E-state index in [1.54, 1.807) is 17.4 Å². The maximum absolute atomic E-state index is 6.22. The standard InChI is InChI=1S/C13H13Cl2NS/c1-2-11-3-4-12(17-11)13(16)8-5-9(14)7-10(15)6-8/h3-7,13H,2,16H2,1H3. The largest absolute Gasteiger partial charge is 0.320 e. The minimum Gasteiger partial charge on any atom is -0.320 e. The molecule has 2 N–H and O–H groups in total. The van der Waals surface area contributed by atoms with E-state index in [0.29, 0.717) is 10.0 Å². The Labute approximate surface area is 115 Å². The van der Waals surface area contributed by atoms with Crippen LogP contribution >= 0.6 is 34.5 Å². The summed E-state index contributed by atoms with van der Waals surface area (Å²) < 4.78 is 0. The van der Waals surface area contributed by atoms with Crippen LogP contribution in [0.5, 0.6) is 0 Å². The van der Waals surface area contributed by atoms with Crippen molar-refractivity contribution in [2.75, 3.05) is 0 Å². The summed E-state index contributed by atoms with van der Waals surface area (Å²) in [6.07, 6.45) is 1.04. The molecular weight excluding hydrogens is 273 g/mol. The number of benzene rings is 1. The van der Waals surface area contributed by atoms with Gasteiger partial charge in [0.15, 0.2) is 0 Å². The molecule has 1 aromatic carbocycles. The van der Waals surface area contributed by atoms with E-state index in [-0.39, 0.29) is 6.04 Å². The Morgan fingerprint density at radius 3 is 2.35 bits per heavy atom. The maximum Gasteiger partial charge on any atom is 0.0647 e. The van der Waals surface area contributed by atoms with Crippen LogP contribution in [0, 0.1) is 0 Å². The molecule has 4 heteroatoms. The van der Waals surface area contributed by atoms with E-state index in [1.807, 2.05) is 12.1 Å². The molecule has 2 aromatic rings. The van der Waals surface area contributed by atoms with Crippen LogP contribution in [-0.4, -0.2) is 0 Å². The molecule has 17 heavy (non-hydrogen) atoms. The molecule has 0 radical (unpaired) electrons. The summed E-state index contributed by atoms with van der Waals surface area (Å²) in [6.45, 7) is 2.14. The molecule has 0 saturated carbocycles. The zero-order valence-corrected chi connectivity index (χ0v) is 11.7. The molecule has 0 bridgehead atoms. The van der Waals surface area contributed by atoms with Crippen molar-refractivity contribution in [2.24, 2.45) is 5.73 Å². The van der Waals surface area contributed by atoms with Crippen LogP contribution in [0.2, 0.25) is 10.0 Å². The number of aryl methyl sites for hydroxylation is 1. The average molecular weight is 286 g/mol. The first-order chi connectivity index (χ1) is 8.10. The summed E-state index contributed by atoms with van der Waals surface area (Å²) in [4.78, 5) is 2.48. The lowest BCUT2D eigenvalue weighted by atomic mass is 10.1. The zero-order valence-electron chi connectivity index (χ0n) is 9.41. The SMILES string of the molecule is CCc1ccc(C(N)c2cc(Cl)cc(Cl)c2)s1. The lowest BCUT2D eigenvalue weighted by Crippen LogP contribution is -2.10. The molecule has 0 saturated heterocycles. The first-order valence-corrected chi connectivity index (χ1v) is 6.97. The monoisotopic (exact) mass is 285 g/mol. The van der Waals surface area contributed by atoms with Gasteiger partial charge in [0.05, 0.1) is 6.04 Å². The fourth-order valence-electron chi connectivity index (χ4n) is 1.67. The molecular formula is C13H13Cl2NS. The van der Waals surface area contributed by atoms with E-state index in [9.17, 15) is 0 Å². The molecule has 90 valence electrons. The van der Waals surface area contributed by atoms with Crippen molar-refractivity contribution in [3.05, 3.63) is 55.7 Å². The van der Waals surface area contributed by atoms with Crippen molar-refractivity contribution in [3.8, 4) is 0 Å².